The topological polar surface area (TPSA) is 54.0 Å². The number of carbonyl (C=O) groups excluding carboxylic acids is 1. The summed E-state index contributed by atoms with van der Waals surface area (Å²) in [5.74, 6) is -1.58. The van der Waals surface area contributed by atoms with Crippen molar-refractivity contribution in [2.75, 3.05) is 50.8 Å². The van der Waals surface area contributed by atoms with E-state index in [0.29, 0.717) is 37.9 Å². The number of carbonyl (C=O) groups is 1. The molecule has 2 saturated heterocycles. The maximum absolute atomic E-state index is 12.8. The molecule has 1 aromatic carbocycles. The van der Waals surface area contributed by atoms with Crippen molar-refractivity contribution in [2.45, 2.75) is 31.0 Å². The van der Waals surface area contributed by atoms with E-state index in [-0.39, 0.29) is 19.6 Å². The van der Waals surface area contributed by atoms with E-state index in [4.69, 9.17) is 16.3 Å². The number of benzene rings is 1. The van der Waals surface area contributed by atoms with Gasteiger partial charge in [-0.25, -0.2) is 0 Å². The number of rotatable bonds is 5. The van der Waals surface area contributed by atoms with Gasteiger partial charge in [-0.2, -0.15) is 26.3 Å². The summed E-state index contributed by atoms with van der Waals surface area (Å²) in [4.78, 5) is 15.9. The first-order chi connectivity index (χ1) is 15.0. The van der Waals surface area contributed by atoms with Gasteiger partial charge in [0.25, 0.3) is 6.10 Å². The van der Waals surface area contributed by atoms with Gasteiger partial charge in [-0.05, 0) is 17.7 Å². The lowest BCUT2D eigenvalue weighted by Gasteiger charge is -2.37. The highest BCUT2D eigenvalue weighted by atomic mass is 35.5. The van der Waals surface area contributed by atoms with Crippen LogP contribution in [-0.2, 0) is 20.8 Å². The van der Waals surface area contributed by atoms with Crippen molar-refractivity contribution in [1.29, 1.82) is 0 Å². The van der Waals surface area contributed by atoms with Gasteiger partial charge in [0.05, 0.1) is 13.2 Å². The second kappa shape index (κ2) is 10.0. The molecule has 2 fully saturated rings. The molecular weight excluding hydrogens is 468 g/mol. The van der Waals surface area contributed by atoms with Gasteiger partial charge in [0.15, 0.2) is 0 Å². The van der Waals surface area contributed by atoms with Gasteiger partial charge in [-0.3, -0.25) is 9.69 Å². The number of ether oxygens (including phenoxy) is 2. The molecule has 3 rings (SSSR count). The van der Waals surface area contributed by atoms with Crippen molar-refractivity contribution < 1.29 is 40.6 Å². The lowest BCUT2D eigenvalue weighted by atomic mass is 10.1. The minimum atomic E-state index is -5.76. The Morgan fingerprint density at radius 2 is 1.81 bits per heavy atom. The molecule has 1 N–H and O–H groups in total. The summed E-state index contributed by atoms with van der Waals surface area (Å²) in [5.41, 5.74) is 1.51. The molecule has 0 spiro atoms. The van der Waals surface area contributed by atoms with E-state index in [9.17, 15) is 31.1 Å². The molecule has 0 saturated carbocycles. The van der Waals surface area contributed by atoms with Crippen molar-refractivity contribution in [3.8, 4) is 0 Å². The van der Waals surface area contributed by atoms with Crippen molar-refractivity contribution >= 4 is 23.3 Å². The first-order valence-electron chi connectivity index (χ1n) is 9.86. The zero-order valence-electron chi connectivity index (χ0n) is 16.8. The molecule has 0 aliphatic carbocycles. The van der Waals surface area contributed by atoms with Crippen molar-refractivity contribution in [1.82, 2.24) is 10.2 Å². The fourth-order valence-electron chi connectivity index (χ4n) is 3.67. The summed E-state index contributed by atoms with van der Waals surface area (Å²) in [5, 5.41) is 3.29. The maximum atomic E-state index is 12.8. The van der Waals surface area contributed by atoms with Crippen molar-refractivity contribution in [3.63, 3.8) is 0 Å². The van der Waals surface area contributed by atoms with Gasteiger partial charge < -0.3 is 19.7 Å². The molecule has 0 amide bonds. The largest absolute Gasteiger partial charge is 0.442 e. The number of morpholine rings is 1. The summed E-state index contributed by atoms with van der Waals surface area (Å²) in [6.45, 7) is 2.82. The summed E-state index contributed by atoms with van der Waals surface area (Å²) in [7, 11) is 0. The van der Waals surface area contributed by atoms with Gasteiger partial charge in [0, 0.05) is 50.0 Å². The number of nitrogens with zero attached hydrogens (tertiary/aromatic N) is 2. The lowest BCUT2D eigenvalue weighted by molar-refractivity contribution is -0.314. The van der Waals surface area contributed by atoms with Crippen LogP contribution in [0, 0.1) is 0 Å². The van der Waals surface area contributed by atoms with Gasteiger partial charge >= 0.3 is 18.3 Å². The van der Waals surface area contributed by atoms with E-state index in [1.165, 1.54) is 4.90 Å². The van der Waals surface area contributed by atoms with Gasteiger partial charge in [0.2, 0.25) is 0 Å². The van der Waals surface area contributed by atoms with Crippen LogP contribution in [0.4, 0.5) is 32.0 Å². The number of esters is 1. The van der Waals surface area contributed by atoms with Gasteiger partial charge in [0.1, 0.15) is 6.04 Å². The molecule has 2 aliphatic heterocycles. The van der Waals surface area contributed by atoms with Crippen molar-refractivity contribution in [3.05, 3.63) is 28.8 Å². The van der Waals surface area contributed by atoms with Crippen LogP contribution in [-0.4, -0.2) is 81.3 Å². The summed E-state index contributed by atoms with van der Waals surface area (Å²) >= 11 is 6.13. The highest BCUT2D eigenvalue weighted by molar-refractivity contribution is 6.30. The number of alkyl halides is 6. The molecule has 2 heterocycles. The normalized spacial score (nSPS) is 21.1. The fourth-order valence-corrected chi connectivity index (χ4v) is 3.84. The Bertz CT molecular complexity index is 787. The van der Waals surface area contributed by atoms with Crippen LogP contribution in [0.5, 0.6) is 0 Å². The van der Waals surface area contributed by atoms with E-state index in [2.05, 4.69) is 10.1 Å². The monoisotopic (exact) mass is 489 g/mol. The summed E-state index contributed by atoms with van der Waals surface area (Å²) < 4.78 is 86.3. The minimum absolute atomic E-state index is 0.119. The second-order valence-corrected chi connectivity index (χ2v) is 7.90. The van der Waals surface area contributed by atoms with Crippen molar-refractivity contribution in [2.24, 2.45) is 0 Å². The smallest absolute Gasteiger partial charge is 0.434 e. The average Bonchev–Trinajstić information content (AvgIpc) is 2.72. The second-order valence-electron chi connectivity index (χ2n) is 7.46. The number of halogens is 7. The molecule has 13 heteroatoms. The van der Waals surface area contributed by atoms with Crippen LogP contribution in [0.15, 0.2) is 18.2 Å². The molecule has 1 atom stereocenters. The standard InChI is InChI=1S/C19H22ClF6N3O3/c20-13-2-1-12(14(9-13)28-5-7-31-8-6-28)11-29-4-3-27-10-15(29)16(30)32-17(18(21,22)23)19(24,25)26/h1-2,9,15,17,27H,3-8,10-11H2. The predicted octanol–water partition coefficient (Wildman–Crippen LogP) is 2.99. The summed E-state index contributed by atoms with van der Waals surface area (Å²) in [6.07, 6.45) is -15.7. The van der Waals surface area contributed by atoms with Crippen LogP contribution in [0.25, 0.3) is 0 Å². The minimum Gasteiger partial charge on any atom is -0.442 e. The molecule has 1 unspecified atom stereocenters. The molecule has 2 aliphatic rings. The Balaban J connectivity index is 1.79. The molecule has 0 aromatic heterocycles. The molecule has 6 nitrogen and oxygen atoms in total. The third kappa shape index (κ3) is 6.18. The lowest BCUT2D eigenvalue weighted by Crippen LogP contribution is -2.57. The van der Waals surface area contributed by atoms with E-state index in [1.807, 2.05) is 4.90 Å². The van der Waals surface area contributed by atoms with Crippen LogP contribution in [0.2, 0.25) is 5.02 Å². The van der Waals surface area contributed by atoms with E-state index in [1.54, 1.807) is 18.2 Å². The molecule has 32 heavy (non-hydrogen) atoms. The number of anilines is 1. The Morgan fingerprint density at radius 3 is 2.44 bits per heavy atom. The SMILES string of the molecule is O=C(OC(C(F)(F)F)C(F)(F)F)C1CNCCN1Cc1ccc(Cl)cc1N1CCOCC1. The van der Waals surface area contributed by atoms with Crippen LogP contribution in [0.1, 0.15) is 5.56 Å². The first-order valence-corrected chi connectivity index (χ1v) is 10.2. The fraction of sp³-hybridized carbons (Fsp3) is 0.632. The Morgan fingerprint density at radius 1 is 1.16 bits per heavy atom. The predicted molar refractivity (Wildman–Crippen MR) is 104 cm³/mol. The highest BCUT2D eigenvalue weighted by Gasteiger charge is 2.60. The third-order valence-corrected chi connectivity index (χ3v) is 5.46. The number of hydrogen-bond acceptors (Lipinski definition) is 6. The first kappa shape index (κ1) is 24.9. The zero-order chi connectivity index (χ0) is 23.5. The maximum Gasteiger partial charge on any atom is 0.434 e. The molecule has 180 valence electrons. The Labute approximate surface area is 185 Å². The number of hydrogen-bond donors (Lipinski definition) is 1. The Hall–Kier alpha value is -1.76. The average molecular weight is 490 g/mol. The quantitative estimate of drug-likeness (QED) is 0.507. The van der Waals surface area contributed by atoms with E-state index >= 15 is 0 Å². The van der Waals surface area contributed by atoms with Gasteiger partial charge in [-0.15, -0.1) is 0 Å². The number of nitrogens with one attached hydrogen (secondary N) is 1. The van der Waals surface area contributed by atoms with Crippen LogP contribution in [0.3, 0.4) is 0 Å². The van der Waals surface area contributed by atoms with E-state index in [0.717, 1.165) is 11.3 Å². The molecule has 1 aromatic rings. The van der Waals surface area contributed by atoms with Crippen LogP contribution >= 0.6 is 11.6 Å². The molecule has 0 radical (unpaired) electrons. The van der Waals surface area contributed by atoms with E-state index < -0.39 is 30.5 Å². The van der Waals surface area contributed by atoms with Crippen LogP contribution < -0.4 is 10.2 Å². The third-order valence-electron chi connectivity index (χ3n) is 5.23. The molecular formula is C19H22ClF6N3O3. The zero-order valence-corrected chi connectivity index (χ0v) is 17.6. The van der Waals surface area contributed by atoms with Gasteiger partial charge in [-0.1, -0.05) is 17.7 Å². The number of piperazine rings is 1. The highest BCUT2D eigenvalue weighted by Crippen LogP contribution is 2.36. The Kier molecular flexibility index (Phi) is 7.79. The summed E-state index contributed by atoms with van der Waals surface area (Å²) in [6, 6.07) is 3.79. The molecule has 0 bridgehead atoms.